The van der Waals surface area contributed by atoms with Crippen molar-refractivity contribution in [2.45, 2.75) is 39.3 Å². The average Bonchev–Trinajstić information content (AvgIpc) is 2.97. The fraction of sp³-hybridized carbons (Fsp3) is 0.615. The third-order valence-electron chi connectivity index (χ3n) is 3.43. The lowest BCUT2D eigenvalue weighted by molar-refractivity contribution is 0.0701. The van der Waals surface area contributed by atoms with Crippen molar-refractivity contribution in [3.05, 3.63) is 23.7 Å². The van der Waals surface area contributed by atoms with Crippen LogP contribution in [0.3, 0.4) is 0 Å². The van der Waals surface area contributed by atoms with Crippen molar-refractivity contribution in [3.63, 3.8) is 0 Å². The summed E-state index contributed by atoms with van der Waals surface area (Å²) in [7, 11) is 0. The summed E-state index contributed by atoms with van der Waals surface area (Å²) in [6, 6.07) is 2.11. The van der Waals surface area contributed by atoms with Crippen LogP contribution in [-0.2, 0) is 6.54 Å². The average molecular weight is 236 g/mol. The number of hydrogen-bond donors (Lipinski definition) is 1. The molecule has 1 aliphatic heterocycles. The first-order valence-corrected chi connectivity index (χ1v) is 6.22. The summed E-state index contributed by atoms with van der Waals surface area (Å²) in [5, 5.41) is 0. The number of hydrogen-bond acceptors (Lipinski definition) is 3. The van der Waals surface area contributed by atoms with Gasteiger partial charge in [0.1, 0.15) is 12.0 Å². The molecule has 2 N–H and O–H groups in total. The van der Waals surface area contributed by atoms with E-state index in [4.69, 9.17) is 10.2 Å². The van der Waals surface area contributed by atoms with Gasteiger partial charge in [0, 0.05) is 12.6 Å². The highest BCUT2D eigenvalue weighted by Gasteiger charge is 2.31. The summed E-state index contributed by atoms with van der Waals surface area (Å²) >= 11 is 0. The number of furan rings is 1. The number of carbonyl (C=O) groups excluding carboxylic acids is 1. The molecule has 0 aromatic carbocycles. The Labute approximate surface area is 102 Å². The highest BCUT2D eigenvalue weighted by Crippen LogP contribution is 2.26. The minimum Gasteiger partial charge on any atom is -0.467 e. The molecule has 1 aromatic heterocycles. The van der Waals surface area contributed by atoms with Crippen LogP contribution in [0, 0.1) is 5.92 Å². The molecule has 2 rings (SSSR count). The SMILES string of the molecule is CC(C)C1CCCN1C(=O)c1coc(CN)c1. The van der Waals surface area contributed by atoms with Crippen LogP contribution in [0.5, 0.6) is 0 Å². The fourth-order valence-corrected chi connectivity index (χ4v) is 2.50. The van der Waals surface area contributed by atoms with Crippen molar-refractivity contribution in [2.24, 2.45) is 11.7 Å². The number of nitrogens with zero attached hydrogens (tertiary/aromatic N) is 1. The molecule has 0 radical (unpaired) electrons. The summed E-state index contributed by atoms with van der Waals surface area (Å²) in [5.74, 6) is 1.24. The van der Waals surface area contributed by atoms with Gasteiger partial charge in [-0.1, -0.05) is 13.8 Å². The van der Waals surface area contributed by atoms with E-state index >= 15 is 0 Å². The maximum atomic E-state index is 12.3. The number of nitrogens with two attached hydrogens (primary N) is 1. The van der Waals surface area contributed by atoms with Gasteiger partial charge in [-0.3, -0.25) is 4.79 Å². The molecule has 0 saturated carbocycles. The highest BCUT2D eigenvalue weighted by molar-refractivity contribution is 5.94. The van der Waals surface area contributed by atoms with Crippen molar-refractivity contribution in [1.29, 1.82) is 0 Å². The highest BCUT2D eigenvalue weighted by atomic mass is 16.3. The van der Waals surface area contributed by atoms with Gasteiger partial charge in [-0.2, -0.15) is 0 Å². The maximum absolute atomic E-state index is 12.3. The van der Waals surface area contributed by atoms with Gasteiger partial charge in [0.05, 0.1) is 12.1 Å². The van der Waals surface area contributed by atoms with Gasteiger partial charge >= 0.3 is 0 Å². The summed E-state index contributed by atoms with van der Waals surface area (Å²) in [4.78, 5) is 14.3. The van der Waals surface area contributed by atoms with Crippen LogP contribution in [0.4, 0.5) is 0 Å². The Bertz CT molecular complexity index is 398. The van der Waals surface area contributed by atoms with Gasteiger partial charge in [-0.25, -0.2) is 0 Å². The first-order chi connectivity index (χ1) is 8.13. The van der Waals surface area contributed by atoms with Crippen molar-refractivity contribution < 1.29 is 9.21 Å². The smallest absolute Gasteiger partial charge is 0.257 e. The number of rotatable bonds is 3. The predicted molar refractivity (Wildman–Crippen MR) is 65.5 cm³/mol. The summed E-state index contributed by atoms with van der Waals surface area (Å²) in [6.45, 7) is 5.51. The summed E-state index contributed by atoms with van der Waals surface area (Å²) in [6.07, 6.45) is 3.71. The van der Waals surface area contributed by atoms with Crippen molar-refractivity contribution in [1.82, 2.24) is 4.90 Å². The zero-order valence-corrected chi connectivity index (χ0v) is 10.5. The van der Waals surface area contributed by atoms with E-state index in [1.807, 2.05) is 4.90 Å². The van der Waals surface area contributed by atoms with E-state index in [0.717, 1.165) is 19.4 Å². The topological polar surface area (TPSA) is 59.5 Å². The second kappa shape index (κ2) is 4.92. The van der Waals surface area contributed by atoms with Crippen molar-refractivity contribution >= 4 is 5.91 Å². The second-order valence-corrected chi connectivity index (χ2v) is 4.96. The molecule has 17 heavy (non-hydrogen) atoms. The lowest BCUT2D eigenvalue weighted by Gasteiger charge is -2.27. The van der Waals surface area contributed by atoms with Crippen LogP contribution in [0.2, 0.25) is 0 Å². The first kappa shape index (κ1) is 12.2. The molecule has 2 heterocycles. The van der Waals surface area contributed by atoms with Gasteiger partial charge in [-0.05, 0) is 24.8 Å². The predicted octanol–water partition coefficient (Wildman–Crippen LogP) is 2.00. The quantitative estimate of drug-likeness (QED) is 0.873. The molecule has 1 aromatic rings. The lowest BCUT2D eigenvalue weighted by atomic mass is 10.0. The lowest BCUT2D eigenvalue weighted by Crippen LogP contribution is -2.38. The van der Waals surface area contributed by atoms with Gasteiger partial charge in [0.2, 0.25) is 0 Å². The molecule has 1 unspecified atom stereocenters. The monoisotopic (exact) mass is 236 g/mol. The van der Waals surface area contributed by atoms with Gasteiger partial charge in [0.15, 0.2) is 0 Å². The van der Waals surface area contributed by atoms with Crippen LogP contribution in [0.25, 0.3) is 0 Å². The van der Waals surface area contributed by atoms with E-state index in [2.05, 4.69) is 13.8 Å². The maximum Gasteiger partial charge on any atom is 0.257 e. The molecular weight excluding hydrogens is 216 g/mol. The standard InChI is InChI=1S/C13H20N2O2/c1-9(2)12-4-3-5-15(12)13(16)10-6-11(7-14)17-8-10/h6,8-9,12H,3-5,7,14H2,1-2H3. The van der Waals surface area contributed by atoms with Crippen LogP contribution in [0.15, 0.2) is 16.7 Å². The molecular formula is C13H20N2O2. The Kier molecular flexibility index (Phi) is 3.52. The van der Waals surface area contributed by atoms with Gasteiger partial charge in [0.25, 0.3) is 5.91 Å². The molecule has 4 nitrogen and oxygen atoms in total. The molecule has 1 amide bonds. The van der Waals surface area contributed by atoms with Crippen LogP contribution >= 0.6 is 0 Å². The van der Waals surface area contributed by atoms with Crippen LogP contribution < -0.4 is 5.73 Å². The number of likely N-dealkylation sites (tertiary alicyclic amines) is 1. The zero-order valence-electron chi connectivity index (χ0n) is 10.5. The minimum absolute atomic E-state index is 0.0738. The Morgan fingerprint density at radius 1 is 1.65 bits per heavy atom. The van der Waals surface area contributed by atoms with E-state index < -0.39 is 0 Å². The third kappa shape index (κ3) is 2.36. The van der Waals surface area contributed by atoms with Crippen molar-refractivity contribution in [3.8, 4) is 0 Å². The van der Waals surface area contributed by atoms with Gasteiger partial charge < -0.3 is 15.1 Å². The molecule has 94 valence electrons. The van der Waals surface area contributed by atoms with E-state index in [1.54, 1.807) is 6.07 Å². The number of amides is 1. The Morgan fingerprint density at radius 3 is 3.00 bits per heavy atom. The Morgan fingerprint density at radius 2 is 2.41 bits per heavy atom. The van der Waals surface area contributed by atoms with E-state index in [9.17, 15) is 4.79 Å². The molecule has 0 bridgehead atoms. The summed E-state index contributed by atoms with van der Waals surface area (Å²) < 4.78 is 5.22. The number of carbonyl (C=O) groups is 1. The Hall–Kier alpha value is -1.29. The Balaban J connectivity index is 2.13. The van der Waals surface area contributed by atoms with E-state index in [-0.39, 0.29) is 5.91 Å². The van der Waals surface area contributed by atoms with E-state index in [0.29, 0.717) is 29.8 Å². The minimum atomic E-state index is 0.0738. The molecule has 1 atom stereocenters. The van der Waals surface area contributed by atoms with Gasteiger partial charge in [-0.15, -0.1) is 0 Å². The van der Waals surface area contributed by atoms with E-state index in [1.165, 1.54) is 6.26 Å². The first-order valence-electron chi connectivity index (χ1n) is 6.22. The molecule has 1 aliphatic rings. The van der Waals surface area contributed by atoms with Crippen molar-refractivity contribution in [2.75, 3.05) is 6.54 Å². The zero-order chi connectivity index (χ0) is 12.4. The molecule has 1 saturated heterocycles. The molecule has 0 spiro atoms. The fourth-order valence-electron chi connectivity index (χ4n) is 2.50. The second-order valence-electron chi connectivity index (χ2n) is 4.96. The van der Waals surface area contributed by atoms with Crippen LogP contribution in [0.1, 0.15) is 42.8 Å². The van der Waals surface area contributed by atoms with Crippen LogP contribution in [-0.4, -0.2) is 23.4 Å². The normalized spacial score (nSPS) is 20.2. The largest absolute Gasteiger partial charge is 0.467 e. The molecule has 4 heteroatoms. The summed E-state index contributed by atoms with van der Waals surface area (Å²) in [5.41, 5.74) is 6.10. The molecule has 1 fully saturated rings. The molecule has 0 aliphatic carbocycles. The third-order valence-corrected chi connectivity index (χ3v) is 3.43.